The number of amides is 1. The number of carbonyl (C=O) groups is 2. The number of carbonyl (C=O) groups excluding carboxylic acids is 2. The summed E-state index contributed by atoms with van der Waals surface area (Å²) in [6.07, 6.45) is 1.64. The summed E-state index contributed by atoms with van der Waals surface area (Å²) in [5.41, 5.74) is 2.65. The minimum Gasteiger partial charge on any atom is -0.496 e. The van der Waals surface area contributed by atoms with Crippen LogP contribution in [0.25, 0.3) is 11.3 Å². The molecule has 1 aromatic heterocycles. The Morgan fingerprint density at radius 2 is 1.79 bits per heavy atom. The molecule has 148 valence electrons. The number of halogens is 1. The first-order valence-electron chi connectivity index (χ1n) is 8.91. The van der Waals surface area contributed by atoms with Gasteiger partial charge in [-0.2, -0.15) is 0 Å². The van der Waals surface area contributed by atoms with Crippen LogP contribution in [0.15, 0.2) is 60.8 Å². The van der Waals surface area contributed by atoms with Crippen molar-refractivity contribution in [3.63, 3.8) is 0 Å². The van der Waals surface area contributed by atoms with Crippen molar-refractivity contribution < 1.29 is 19.1 Å². The van der Waals surface area contributed by atoms with E-state index < -0.39 is 5.97 Å². The van der Waals surface area contributed by atoms with E-state index in [9.17, 15) is 9.59 Å². The minimum atomic E-state index is -0.404. The molecule has 3 aromatic rings. The third kappa shape index (κ3) is 4.73. The van der Waals surface area contributed by atoms with Crippen molar-refractivity contribution in [2.75, 3.05) is 19.0 Å². The van der Waals surface area contributed by atoms with Crippen LogP contribution >= 0.6 is 11.6 Å². The van der Waals surface area contributed by atoms with Crippen LogP contribution in [0.4, 0.5) is 5.69 Å². The molecule has 1 N–H and O–H groups in total. The molecule has 0 aliphatic rings. The van der Waals surface area contributed by atoms with Crippen molar-refractivity contribution >= 4 is 29.2 Å². The van der Waals surface area contributed by atoms with Crippen molar-refractivity contribution in [3.05, 3.63) is 76.9 Å². The number of hydrogen-bond acceptors (Lipinski definition) is 5. The van der Waals surface area contributed by atoms with Crippen LogP contribution in [0, 0.1) is 0 Å². The van der Waals surface area contributed by atoms with Crippen LogP contribution in [0.1, 0.15) is 27.6 Å². The van der Waals surface area contributed by atoms with E-state index in [1.54, 1.807) is 67.7 Å². The summed E-state index contributed by atoms with van der Waals surface area (Å²) in [6, 6.07) is 15.0. The molecule has 6 nitrogen and oxygen atoms in total. The Bertz CT molecular complexity index is 1040. The highest BCUT2D eigenvalue weighted by Crippen LogP contribution is 2.33. The van der Waals surface area contributed by atoms with Gasteiger partial charge < -0.3 is 14.8 Å². The van der Waals surface area contributed by atoms with Gasteiger partial charge >= 0.3 is 5.97 Å². The number of aromatic nitrogens is 1. The maximum Gasteiger partial charge on any atom is 0.338 e. The van der Waals surface area contributed by atoms with Crippen molar-refractivity contribution in [2.24, 2.45) is 0 Å². The molecule has 0 saturated carbocycles. The van der Waals surface area contributed by atoms with Crippen LogP contribution in [0.3, 0.4) is 0 Å². The number of anilines is 1. The third-order valence-electron chi connectivity index (χ3n) is 4.13. The van der Waals surface area contributed by atoms with Crippen LogP contribution < -0.4 is 10.1 Å². The second-order valence-electron chi connectivity index (χ2n) is 6.00. The highest BCUT2D eigenvalue weighted by molar-refractivity contribution is 6.33. The Balaban J connectivity index is 1.79. The summed E-state index contributed by atoms with van der Waals surface area (Å²) in [5, 5.41) is 3.28. The number of pyridine rings is 1. The first kappa shape index (κ1) is 20.4. The lowest BCUT2D eigenvalue weighted by atomic mass is 10.1. The number of esters is 1. The molecule has 0 fully saturated rings. The minimum absolute atomic E-state index is 0.304. The van der Waals surface area contributed by atoms with E-state index in [4.69, 9.17) is 21.1 Å². The highest BCUT2D eigenvalue weighted by atomic mass is 35.5. The van der Waals surface area contributed by atoms with Gasteiger partial charge in [0.15, 0.2) is 0 Å². The molecule has 0 aliphatic heterocycles. The van der Waals surface area contributed by atoms with Crippen LogP contribution in [-0.2, 0) is 4.74 Å². The highest BCUT2D eigenvalue weighted by Gasteiger charge is 2.15. The van der Waals surface area contributed by atoms with E-state index in [1.165, 1.54) is 7.11 Å². The van der Waals surface area contributed by atoms with Gasteiger partial charge in [0.05, 0.1) is 30.0 Å². The molecular weight excluding hydrogens is 392 g/mol. The quantitative estimate of drug-likeness (QED) is 0.588. The molecule has 1 amide bonds. The fourth-order valence-corrected chi connectivity index (χ4v) is 2.94. The van der Waals surface area contributed by atoms with E-state index in [2.05, 4.69) is 10.3 Å². The zero-order valence-electron chi connectivity index (χ0n) is 15.9. The predicted octanol–water partition coefficient (Wildman–Crippen LogP) is 4.84. The molecule has 0 saturated heterocycles. The maximum absolute atomic E-state index is 12.6. The van der Waals surface area contributed by atoms with Gasteiger partial charge in [-0.3, -0.25) is 9.78 Å². The molecular formula is C22H19ClN2O4. The zero-order chi connectivity index (χ0) is 20.8. The van der Waals surface area contributed by atoms with Crippen LogP contribution in [-0.4, -0.2) is 30.6 Å². The van der Waals surface area contributed by atoms with Gasteiger partial charge in [0.1, 0.15) is 5.75 Å². The van der Waals surface area contributed by atoms with E-state index in [1.807, 2.05) is 0 Å². The van der Waals surface area contributed by atoms with Gasteiger partial charge in [0, 0.05) is 23.0 Å². The third-order valence-corrected chi connectivity index (χ3v) is 4.44. The van der Waals surface area contributed by atoms with Gasteiger partial charge in [-0.1, -0.05) is 11.6 Å². The first-order chi connectivity index (χ1) is 14.0. The largest absolute Gasteiger partial charge is 0.496 e. The average Bonchev–Trinajstić information content (AvgIpc) is 2.74. The summed E-state index contributed by atoms with van der Waals surface area (Å²) in [7, 11) is 1.52. The molecule has 0 spiro atoms. The lowest BCUT2D eigenvalue weighted by Crippen LogP contribution is -2.12. The van der Waals surface area contributed by atoms with Gasteiger partial charge in [-0.15, -0.1) is 0 Å². The van der Waals surface area contributed by atoms with Gasteiger partial charge in [0.2, 0.25) is 0 Å². The number of methoxy groups -OCH3 is 1. The van der Waals surface area contributed by atoms with E-state index in [0.29, 0.717) is 45.5 Å². The zero-order valence-corrected chi connectivity index (χ0v) is 16.7. The number of benzene rings is 2. The summed E-state index contributed by atoms with van der Waals surface area (Å²) in [5.74, 6) is -0.236. The summed E-state index contributed by atoms with van der Waals surface area (Å²) in [6.45, 7) is 2.05. The Hall–Kier alpha value is -3.38. The van der Waals surface area contributed by atoms with Crippen molar-refractivity contribution in [1.82, 2.24) is 4.98 Å². The lowest BCUT2D eigenvalue weighted by molar-refractivity contribution is 0.0526. The van der Waals surface area contributed by atoms with E-state index in [-0.39, 0.29) is 5.91 Å². The molecule has 0 atom stereocenters. The van der Waals surface area contributed by atoms with E-state index in [0.717, 1.165) is 0 Å². The number of rotatable bonds is 6. The monoisotopic (exact) mass is 410 g/mol. The molecule has 0 bridgehead atoms. The van der Waals surface area contributed by atoms with Crippen LogP contribution in [0.5, 0.6) is 5.75 Å². The molecule has 0 aliphatic carbocycles. The number of ether oxygens (including phenoxy) is 2. The SMILES string of the molecule is CCOC(=O)c1ccc(NC(=O)c2ccc(-c3ncccc3Cl)c(OC)c2)cc1. The molecule has 7 heteroatoms. The molecule has 0 radical (unpaired) electrons. The summed E-state index contributed by atoms with van der Waals surface area (Å²) < 4.78 is 10.4. The van der Waals surface area contributed by atoms with Crippen molar-refractivity contribution in [2.45, 2.75) is 6.92 Å². The van der Waals surface area contributed by atoms with Gasteiger partial charge in [-0.25, -0.2) is 4.79 Å². The van der Waals surface area contributed by atoms with Gasteiger partial charge in [0.25, 0.3) is 5.91 Å². The molecule has 0 unspecified atom stereocenters. The Kier molecular flexibility index (Phi) is 6.46. The summed E-state index contributed by atoms with van der Waals surface area (Å²) in [4.78, 5) is 28.6. The number of nitrogens with zero attached hydrogens (tertiary/aromatic N) is 1. The first-order valence-corrected chi connectivity index (χ1v) is 9.28. The van der Waals surface area contributed by atoms with E-state index >= 15 is 0 Å². The van der Waals surface area contributed by atoms with Crippen molar-refractivity contribution in [1.29, 1.82) is 0 Å². The number of hydrogen-bond donors (Lipinski definition) is 1. The van der Waals surface area contributed by atoms with Crippen LogP contribution in [0.2, 0.25) is 5.02 Å². The molecule has 2 aromatic carbocycles. The van der Waals surface area contributed by atoms with Crippen molar-refractivity contribution in [3.8, 4) is 17.0 Å². The standard InChI is InChI=1S/C22H19ClN2O4/c1-3-29-22(27)14-6-9-16(10-7-14)25-21(26)15-8-11-17(19(13-15)28-2)20-18(23)5-4-12-24-20/h4-13H,3H2,1-2H3,(H,25,26). The fourth-order valence-electron chi connectivity index (χ4n) is 2.72. The molecule has 29 heavy (non-hydrogen) atoms. The molecule has 1 heterocycles. The van der Waals surface area contributed by atoms with Gasteiger partial charge in [-0.05, 0) is 61.5 Å². The fraction of sp³-hybridized carbons (Fsp3) is 0.136. The topological polar surface area (TPSA) is 77.5 Å². The lowest BCUT2D eigenvalue weighted by Gasteiger charge is -2.12. The normalized spacial score (nSPS) is 10.3. The average molecular weight is 411 g/mol. The summed E-state index contributed by atoms with van der Waals surface area (Å²) >= 11 is 6.22. The second kappa shape index (κ2) is 9.21. The Morgan fingerprint density at radius 3 is 2.45 bits per heavy atom. The Morgan fingerprint density at radius 1 is 1.07 bits per heavy atom. The smallest absolute Gasteiger partial charge is 0.338 e. The Labute approximate surface area is 173 Å². The molecule has 3 rings (SSSR count). The second-order valence-corrected chi connectivity index (χ2v) is 6.41. The number of nitrogens with one attached hydrogen (secondary N) is 1. The predicted molar refractivity (Wildman–Crippen MR) is 112 cm³/mol. The maximum atomic E-state index is 12.6.